The van der Waals surface area contributed by atoms with E-state index in [0.29, 0.717) is 13.2 Å². The van der Waals surface area contributed by atoms with Crippen molar-refractivity contribution in [1.29, 1.82) is 0 Å². The molecule has 2 nitrogen and oxygen atoms in total. The first-order valence-corrected chi connectivity index (χ1v) is 6.14. The first kappa shape index (κ1) is 15.4. The minimum atomic E-state index is -0.118. The molecule has 0 amide bonds. The molecule has 2 heteroatoms. The molecular weight excluding hydrogens is 200 g/mol. The molecule has 0 aliphatic heterocycles. The van der Waals surface area contributed by atoms with Crippen LogP contribution < -0.4 is 0 Å². The van der Waals surface area contributed by atoms with Crippen LogP contribution in [0.4, 0.5) is 0 Å². The summed E-state index contributed by atoms with van der Waals surface area (Å²) < 4.78 is 11.0. The Balaban J connectivity index is 3.76. The second-order valence-corrected chi connectivity index (χ2v) is 4.11. The highest BCUT2D eigenvalue weighted by molar-refractivity contribution is 4.97. The standard InChI is InChI=1S/C14H26O2/c1-6-15-14(16-7-2)11-13(5)10-8-9-12(3)4/h14H,3,5-11H2,1-2,4H3. The molecule has 0 saturated heterocycles. The molecule has 0 rings (SSSR count). The van der Waals surface area contributed by atoms with Crippen molar-refractivity contribution in [2.45, 2.75) is 52.7 Å². The number of rotatable bonds is 10. The lowest BCUT2D eigenvalue weighted by atomic mass is 10.0. The summed E-state index contributed by atoms with van der Waals surface area (Å²) in [5.74, 6) is 0. The molecule has 0 saturated carbocycles. The van der Waals surface area contributed by atoms with E-state index in [1.54, 1.807) is 0 Å². The van der Waals surface area contributed by atoms with E-state index in [1.165, 1.54) is 11.1 Å². The van der Waals surface area contributed by atoms with E-state index in [-0.39, 0.29) is 6.29 Å². The quantitative estimate of drug-likeness (QED) is 0.413. The Morgan fingerprint density at radius 3 is 2.06 bits per heavy atom. The Bertz CT molecular complexity index is 203. The Labute approximate surface area is 100 Å². The Morgan fingerprint density at radius 1 is 1.06 bits per heavy atom. The minimum Gasteiger partial charge on any atom is -0.353 e. The van der Waals surface area contributed by atoms with E-state index in [2.05, 4.69) is 20.1 Å². The summed E-state index contributed by atoms with van der Waals surface area (Å²) in [6.07, 6.45) is 3.92. The molecule has 0 heterocycles. The molecular formula is C14H26O2. The van der Waals surface area contributed by atoms with Gasteiger partial charge < -0.3 is 9.47 Å². The van der Waals surface area contributed by atoms with Gasteiger partial charge in [-0.2, -0.15) is 0 Å². The Morgan fingerprint density at radius 2 is 1.62 bits per heavy atom. The summed E-state index contributed by atoms with van der Waals surface area (Å²) in [6, 6.07) is 0. The van der Waals surface area contributed by atoms with Crippen LogP contribution in [0.1, 0.15) is 46.5 Å². The molecule has 0 aromatic carbocycles. The molecule has 0 atom stereocenters. The topological polar surface area (TPSA) is 18.5 Å². The van der Waals surface area contributed by atoms with Crippen molar-refractivity contribution in [3.63, 3.8) is 0 Å². The van der Waals surface area contributed by atoms with Gasteiger partial charge >= 0.3 is 0 Å². The van der Waals surface area contributed by atoms with Crippen molar-refractivity contribution >= 4 is 0 Å². The number of ether oxygens (including phenoxy) is 2. The zero-order chi connectivity index (χ0) is 12.4. The van der Waals surface area contributed by atoms with Crippen molar-refractivity contribution in [2.24, 2.45) is 0 Å². The highest BCUT2D eigenvalue weighted by atomic mass is 16.7. The first-order chi connectivity index (χ1) is 7.60. The summed E-state index contributed by atoms with van der Waals surface area (Å²) >= 11 is 0. The summed E-state index contributed by atoms with van der Waals surface area (Å²) in [5.41, 5.74) is 2.44. The number of hydrogen-bond acceptors (Lipinski definition) is 2. The lowest BCUT2D eigenvalue weighted by Crippen LogP contribution is -2.17. The number of allylic oxidation sites excluding steroid dienone is 1. The lowest BCUT2D eigenvalue weighted by Gasteiger charge is -2.18. The predicted molar refractivity (Wildman–Crippen MR) is 69.5 cm³/mol. The fourth-order valence-electron chi connectivity index (χ4n) is 1.52. The van der Waals surface area contributed by atoms with E-state index in [0.717, 1.165) is 25.7 Å². The van der Waals surface area contributed by atoms with Crippen LogP contribution in [0.2, 0.25) is 0 Å². The fraction of sp³-hybridized carbons (Fsp3) is 0.714. The molecule has 0 aromatic heterocycles. The van der Waals surface area contributed by atoms with E-state index in [1.807, 2.05) is 13.8 Å². The SMILES string of the molecule is C=C(C)CCCC(=C)CC(OCC)OCC. The van der Waals surface area contributed by atoms with Crippen LogP contribution in [0.25, 0.3) is 0 Å². The van der Waals surface area contributed by atoms with Gasteiger partial charge in [-0.15, -0.1) is 6.58 Å². The molecule has 0 aliphatic rings. The summed E-state index contributed by atoms with van der Waals surface area (Å²) in [5, 5.41) is 0. The van der Waals surface area contributed by atoms with Crippen LogP contribution in [0, 0.1) is 0 Å². The van der Waals surface area contributed by atoms with Gasteiger partial charge in [-0.25, -0.2) is 0 Å². The van der Waals surface area contributed by atoms with Crippen LogP contribution in [-0.2, 0) is 9.47 Å². The maximum Gasteiger partial charge on any atom is 0.161 e. The second-order valence-electron chi connectivity index (χ2n) is 4.11. The van der Waals surface area contributed by atoms with Gasteiger partial charge in [0.1, 0.15) is 0 Å². The maximum absolute atomic E-state index is 5.48. The predicted octanol–water partition coefficient (Wildman–Crippen LogP) is 4.08. The molecule has 94 valence electrons. The molecule has 0 radical (unpaired) electrons. The van der Waals surface area contributed by atoms with Gasteiger partial charge in [-0.1, -0.05) is 17.7 Å². The molecule has 16 heavy (non-hydrogen) atoms. The van der Waals surface area contributed by atoms with Gasteiger partial charge in [-0.05, 0) is 40.0 Å². The highest BCUT2D eigenvalue weighted by Gasteiger charge is 2.09. The largest absolute Gasteiger partial charge is 0.353 e. The van der Waals surface area contributed by atoms with Gasteiger partial charge in [0.2, 0.25) is 0 Å². The lowest BCUT2D eigenvalue weighted by molar-refractivity contribution is -0.134. The molecule has 0 unspecified atom stereocenters. The summed E-state index contributed by atoms with van der Waals surface area (Å²) in [6.45, 7) is 15.4. The molecule has 0 aromatic rings. The average Bonchev–Trinajstić information content (AvgIpc) is 2.17. The van der Waals surface area contributed by atoms with Crippen molar-refractivity contribution in [1.82, 2.24) is 0 Å². The fourth-order valence-corrected chi connectivity index (χ4v) is 1.52. The van der Waals surface area contributed by atoms with Crippen molar-refractivity contribution in [3.8, 4) is 0 Å². The van der Waals surface area contributed by atoms with Gasteiger partial charge in [0.05, 0.1) is 0 Å². The summed E-state index contributed by atoms with van der Waals surface area (Å²) in [7, 11) is 0. The van der Waals surface area contributed by atoms with E-state index < -0.39 is 0 Å². The van der Waals surface area contributed by atoms with E-state index >= 15 is 0 Å². The Hall–Kier alpha value is -0.600. The number of hydrogen-bond donors (Lipinski definition) is 0. The maximum atomic E-state index is 5.48. The van der Waals surface area contributed by atoms with Gasteiger partial charge in [0.25, 0.3) is 0 Å². The van der Waals surface area contributed by atoms with Crippen LogP contribution in [0.15, 0.2) is 24.3 Å². The van der Waals surface area contributed by atoms with Crippen LogP contribution in [0.5, 0.6) is 0 Å². The highest BCUT2D eigenvalue weighted by Crippen LogP contribution is 2.16. The first-order valence-electron chi connectivity index (χ1n) is 6.14. The summed E-state index contributed by atoms with van der Waals surface area (Å²) in [4.78, 5) is 0. The molecule has 0 spiro atoms. The third-order valence-corrected chi connectivity index (χ3v) is 2.29. The molecule has 0 fully saturated rings. The third-order valence-electron chi connectivity index (χ3n) is 2.29. The van der Waals surface area contributed by atoms with E-state index in [9.17, 15) is 0 Å². The smallest absolute Gasteiger partial charge is 0.161 e. The van der Waals surface area contributed by atoms with Crippen LogP contribution in [-0.4, -0.2) is 19.5 Å². The molecule has 0 bridgehead atoms. The zero-order valence-corrected chi connectivity index (χ0v) is 11.1. The monoisotopic (exact) mass is 226 g/mol. The third kappa shape index (κ3) is 8.69. The molecule has 0 aliphatic carbocycles. The van der Waals surface area contributed by atoms with Crippen LogP contribution >= 0.6 is 0 Å². The van der Waals surface area contributed by atoms with Crippen molar-refractivity contribution in [2.75, 3.05) is 13.2 Å². The van der Waals surface area contributed by atoms with Gasteiger partial charge in [0, 0.05) is 19.6 Å². The normalized spacial score (nSPS) is 10.8. The van der Waals surface area contributed by atoms with Crippen LogP contribution in [0.3, 0.4) is 0 Å². The zero-order valence-electron chi connectivity index (χ0n) is 11.1. The van der Waals surface area contributed by atoms with Gasteiger partial charge in [-0.3, -0.25) is 0 Å². The van der Waals surface area contributed by atoms with Crippen molar-refractivity contribution < 1.29 is 9.47 Å². The van der Waals surface area contributed by atoms with E-state index in [4.69, 9.17) is 9.47 Å². The Kier molecular flexibility index (Phi) is 9.25. The molecule has 0 N–H and O–H groups in total. The van der Waals surface area contributed by atoms with Crippen molar-refractivity contribution in [3.05, 3.63) is 24.3 Å². The second kappa shape index (κ2) is 9.61. The average molecular weight is 226 g/mol. The van der Waals surface area contributed by atoms with Gasteiger partial charge in [0.15, 0.2) is 6.29 Å². The minimum absolute atomic E-state index is 0.118.